The van der Waals surface area contributed by atoms with E-state index in [1.165, 1.54) is 6.42 Å². The smallest absolute Gasteiger partial charge is 0.224 e. The van der Waals surface area contributed by atoms with Gasteiger partial charge in [0.25, 0.3) is 0 Å². The van der Waals surface area contributed by atoms with Crippen molar-refractivity contribution in [2.75, 3.05) is 13.1 Å². The minimum atomic E-state index is 0.221. The van der Waals surface area contributed by atoms with Crippen molar-refractivity contribution in [3.05, 3.63) is 12.2 Å². The van der Waals surface area contributed by atoms with Crippen LogP contribution in [0.2, 0.25) is 0 Å². The highest BCUT2D eigenvalue weighted by molar-refractivity contribution is 6.16. The molecule has 1 saturated heterocycles. The van der Waals surface area contributed by atoms with Gasteiger partial charge >= 0.3 is 0 Å². The zero-order valence-electron chi connectivity index (χ0n) is 9.81. The fraction of sp³-hybridized carbons (Fsp3) is 0.727. The number of nitrogens with zero attached hydrogens (tertiary/aromatic N) is 4. The number of amides is 1. The SMILES string of the molecule is O=C(CCn1cnnc1CCl)N1CCCCC1. The summed E-state index contributed by atoms with van der Waals surface area (Å²) in [4.78, 5) is 13.9. The van der Waals surface area contributed by atoms with E-state index in [1.54, 1.807) is 6.33 Å². The molecule has 6 heteroatoms. The number of aryl methyl sites for hydroxylation is 1. The molecule has 1 aliphatic heterocycles. The summed E-state index contributed by atoms with van der Waals surface area (Å²) in [7, 11) is 0. The van der Waals surface area contributed by atoms with Gasteiger partial charge in [0.2, 0.25) is 5.91 Å². The zero-order valence-corrected chi connectivity index (χ0v) is 10.6. The lowest BCUT2D eigenvalue weighted by atomic mass is 10.1. The third kappa shape index (κ3) is 3.19. The Kier molecular flexibility index (Phi) is 4.36. The van der Waals surface area contributed by atoms with Crippen LogP contribution in [0.25, 0.3) is 0 Å². The lowest BCUT2D eigenvalue weighted by molar-refractivity contribution is -0.132. The molecular formula is C11H17ClN4O. The van der Waals surface area contributed by atoms with Crippen LogP contribution < -0.4 is 0 Å². The van der Waals surface area contributed by atoms with Crippen molar-refractivity contribution in [3.8, 4) is 0 Å². The molecule has 5 nitrogen and oxygen atoms in total. The molecule has 2 rings (SSSR count). The average molecular weight is 257 g/mol. The Morgan fingerprint density at radius 3 is 2.82 bits per heavy atom. The van der Waals surface area contributed by atoms with Gasteiger partial charge in [-0.3, -0.25) is 4.79 Å². The van der Waals surface area contributed by atoms with E-state index >= 15 is 0 Å². The molecule has 1 fully saturated rings. The first kappa shape index (κ1) is 12.4. The van der Waals surface area contributed by atoms with Gasteiger partial charge < -0.3 is 9.47 Å². The Morgan fingerprint density at radius 2 is 2.12 bits per heavy atom. The van der Waals surface area contributed by atoms with Gasteiger partial charge in [-0.1, -0.05) is 0 Å². The summed E-state index contributed by atoms with van der Waals surface area (Å²) in [6.45, 7) is 2.43. The largest absolute Gasteiger partial charge is 0.343 e. The number of hydrogen-bond acceptors (Lipinski definition) is 3. The summed E-state index contributed by atoms with van der Waals surface area (Å²) in [5, 5.41) is 7.67. The molecule has 0 N–H and O–H groups in total. The second-order valence-corrected chi connectivity index (χ2v) is 4.53. The molecule has 0 unspecified atom stereocenters. The number of aromatic nitrogens is 3. The highest BCUT2D eigenvalue weighted by Gasteiger charge is 2.16. The third-order valence-corrected chi connectivity index (χ3v) is 3.33. The van der Waals surface area contributed by atoms with Crippen LogP contribution in [0, 0.1) is 0 Å². The number of carbonyl (C=O) groups is 1. The Labute approximate surface area is 106 Å². The van der Waals surface area contributed by atoms with Crippen molar-refractivity contribution >= 4 is 17.5 Å². The molecule has 0 aliphatic carbocycles. The standard InChI is InChI=1S/C11H17ClN4O/c12-8-10-14-13-9-16(10)7-4-11(17)15-5-2-1-3-6-15/h9H,1-8H2. The van der Waals surface area contributed by atoms with E-state index in [-0.39, 0.29) is 5.91 Å². The van der Waals surface area contributed by atoms with Gasteiger partial charge in [0.05, 0.1) is 5.88 Å². The Balaban J connectivity index is 1.83. The number of hydrogen-bond donors (Lipinski definition) is 0. The van der Waals surface area contributed by atoms with Crippen molar-refractivity contribution < 1.29 is 4.79 Å². The molecule has 2 heterocycles. The van der Waals surface area contributed by atoms with E-state index < -0.39 is 0 Å². The van der Waals surface area contributed by atoms with E-state index in [4.69, 9.17) is 11.6 Å². The molecule has 1 aliphatic rings. The topological polar surface area (TPSA) is 51.0 Å². The van der Waals surface area contributed by atoms with E-state index in [1.807, 2.05) is 9.47 Å². The molecule has 1 amide bonds. The zero-order chi connectivity index (χ0) is 12.1. The van der Waals surface area contributed by atoms with Crippen LogP contribution >= 0.6 is 11.6 Å². The molecule has 1 aromatic heterocycles. The number of piperidine rings is 1. The van der Waals surface area contributed by atoms with Gasteiger partial charge in [-0.05, 0) is 19.3 Å². The molecule has 0 spiro atoms. The number of carbonyl (C=O) groups excluding carboxylic acids is 1. The van der Waals surface area contributed by atoms with Gasteiger partial charge in [-0.15, -0.1) is 21.8 Å². The Hall–Kier alpha value is -1.10. The maximum atomic E-state index is 11.9. The first-order valence-corrected chi connectivity index (χ1v) is 6.55. The van der Waals surface area contributed by atoms with Crippen LogP contribution in [0.4, 0.5) is 0 Å². The molecule has 0 bridgehead atoms. The Bertz CT molecular complexity index is 373. The molecule has 0 aromatic carbocycles. The van der Waals surface area contributed by atoms with Crippen LogP contribution in [0.3, 0.4) is 0 Å². The predicted octanol–water partition coefficient (Wildman–Crippen LogP) is 1.42. The summed E-state index contributed by atoms with van der Waals surface area (Å²) in [6, 6.07) is 0. The fourth-order valence-electron chi connectivity index (χ4n) is 2.09. The molecular weight excluding hydrogens is 240 g/mol. The van der Waals surface area contributed by atoms with Crippen molar-refractivity contribution in [1.29, 1.82) is 0 Å². The summed E-state index contributed by atoms with van der Waals surface area (Å²) in [5.74, 6) is 1.27. The van der Waals surface area contributed by atoms with E-state index in [2.05, 4.69) is 10.2 Å². The average Bonchev–Trinajstić information content (AvgIpc) is 2.84. The molecule has 0 saturated carbocycles. The van der Waals surface area contributed by atoms with Gasteiger partial charge in [-0.2, -0.15) is 0 Å². The van der Waals surface area contributed by atoms with E-state index in [9.17, 15) is 4.79 Å². The molecule has 94 valence electrons. The lowest BCUT2D eigenvalue weighted by Crippen LogP contribution is -2.36. The first-order valence-electron chi connectivity index (χ1n) is 6.01. The van der Waals surface area contributed by atoms with Crippen molar-refractivity contribution in [3.63, 3.8) is 0 Å². The minimum Gasteiger partial charge on any atom is -0.343 e. The second-order valence-electron chi connectivity index (χ2n) is 4.27. The van der Waals surface area contributed by atoms with Crippen LogP contribution in [-0.4, -0.2) is 38.7 Å². The highest BCUT2D eigenvalue weighted by Crippen LogP contribution is 2.10. The highest BCUT2D eigenvalue weighted by atomic mass is 35.5. The number of alkyl halides is 1. The third-order valence-electron chi connectivity index (χ3n) is 3.09. The van der Waals surface area contributed by atoms with Crippen LogP contribution in [0.1, 0.15) is 31.5 Å². The van der Waals surface area contributed by atoms with Crippen molar-refractivity contribution in [2.45, 2.75) is 38.1 Å². The fourth-order valence-corrected chi connectivity index (χ4v) is 2.29. The molecule has 17 heavy (non-hydrogen) atoms. The maximum absolute atomic E-state index is 11.9. The van der Waals surface area contributed by atoms with E-state index in [0.29, 0.717) is 18.8 Å². The van der Waals surface area contributed by atoms with Crippen molar-refractivity contribution in [1.82, 2.24) is 19.7 Å². The van der Waals surface area contributed by atoms with Gasteiger partial charge in [-0.25, -0.2) is 0 Å². The summed E-state index contributed by atoms with van der Waals surface area (Å²) in [6.07, 6.45) is 5.63. The van der Waals surface area contributed by atoms with Crippen LogP contribution in [-0.2, 0) is 17.2 Å². The first-order chi connectivity index (χ1) is 8.31. The summed E-state index contributed by atoms with van der Waals surface area (Å²) >= 11 is 5.72. The lowest BCUT2D eigenvalue weighted by Gasteiger charge is -2.26. The van der Waals surface area contributed by atoms with Gasteiger partial charge in [0.1, 0.15) is 12.2 Å². The molecule has 1 aromatic rings. The van der Waals surface area contributed by atoms with E-state index in [0.717, 1.165) is 31.8 Å². The molecule has 0 atom stereocenters. The van der Waals surface area contributed by atoms with Gasteiger partial charge in [0, 0.05) is 26.1 Å². The van der Waals surface area contributed by atoms with Gasteiger partial charge in [0.15, 0.2) is 0 Å². The monoisotopic (exact) mass is 256 g/mol. The maximum Gasteiger partial charge on any atom is 0.224 e. The summed E-state index contributed by atoms with van der Waals surface area (Å²) in [5.41, 5.74) is 0. The second kappa shape index (κ2) is 6.00. The summed E-state index contributed by atoms with van der Waals surface area (Å²) < 4.78 is 1.84. The molecule has 0 radical (unpaired) electrons. The quantitative estimate of drug-likeness (QED) is 0.766. The van der Waals surface area contributed by atoms with Crippen molar-refractivity contribution in [2.24, 2.45) is 0 Å². The number of rotatable bonds is 4. The van der Waals surface area contributed by atoms with Crippen LogP contribution in [0.15, 0.2) is 6.33 Å². The minimum absolute atomic E-state index is 0.221. The normalized spacial score (nSPS) is 16.2. The van der Waals surface area contributed by atoms with Crippen LogP contribution in [0.5, 0.6) is 0 Å². The predicted molar refractivity (Wildman–Crippen MR) is 64.6 cm³/mol. The Morgan fingerprint density at radius 1 is 1.35 bits per heavy atom. The number of halogens is 1. The number of likely N-dealkylation sites (tertiary alicyclic amines) is 1.